The van der Waals surface area contributed by atoms with Gasteiger partial charge in [-0.25, -0.2) is 9.97 Å². The molecule has 0 saturated carbocycles. The molecule has 0 spiro atoms. The number of carbonyl (C=O) groups excluding carboxylic acids is 1. The zero-order valence-corrected chi connectivity index (χ0v) is 14.9. The van der Waals surface area contributed by atoms with Crippen molar-refractivity contribution < 1.29 is 9.00 Å². The van der Waals surface area contributed by atoms with Gasteiger partial charge in [0.25, 0.3) is 5.91 Å². The van der Waals surface area contributed by atoms with Gasteiger partial charge in [0.1, 0.15) is 5.82 Å². The van der Waals surface area contributed by atoms with Gasteiger partial charge in [-0.2, -0.15) is 0 Å². The molecule has 1 aromatic carbocycles. The second kappa shape index (κ2) is 7.60. The van der Waals surface area contributed by atoms with E-state index in [1.807, 2.05) is 0 Å². The molecule has 7 nitrogen and oxygen atoms in total. The molecule has 0 aliphatic carbocycles. The summed E-state index contributed by atoms with van der Waals surface area (Å²) in [5.74, 6) is 0.436. The highest BCUT2D eigenvalue weighted by Gasteiger charge is 2.18. The second-order valence-electron chi connectivity index (χ2n) is 5.94. The first-order chi connectivity index (χ1) is 12.0. The first-order valence-corrected chi connectivity index (χ1v) is 9.73. The molecule has 3 rings (SSSR count). The molecule has 3 N–H and O–H groups in total. The minimum Gasteiger partial charge on any atom is -0.364 e. The summed E-state index contributed by atoms with van der Waals surface area (Å²) >= 11 is 0. The van der Waals surface area contributed by atoms with Crippen molar-refractivity contribution in [3.05, 3.63) is 36.2 Å². The lowest BCUT2D eigenvalue weighted by molar-refractivity contribution is 0.0996. The highest BCUT2D eigenvalue weighted by molar-refractivity contribution is 7.84. The summed E-state index contributed by atoms with van der Waals surface area (Å²) < 4.78 is 11.5. The quantitative estimate of drug-likeness (QED) is 0.847. The minimum absolute atomic E-state index is 0.101. The van der Waals surface area contributed by atoms with E-state index in [1.54, 1.807) is 36.7 Å². The Balaban J connectivity index is 1.89. The first-order valence-electron chi connectivity index (χ1n) is 8.17. The van der Waals surface area contributed by atoms with E-state index in [1.165, 1.54) is 6.42 Å². The van der Waals surface area contributed by atoms with E-state index in [4.69, 9.17) is 5.73 Å². The third-order valence-electron chi connectivity index (χ3n) is 4.12. The maximum Gasteiger partial charge on any atom is 0.271 e. The zero-order chi connectivity index (χ0) is 17.8. The number of amides is 1. The predicted octanol–water partition coefficient (Wildman–Crippen LogP) is 2.05. The van der Waals surface area contributed by atoms with Crippen molar-refractivity contribution in [3.63, 3.8) is 0 Å². The van der Waals surface area contributed by atoms with Crippen LogP contribution in [-0.4, -0.2) is 39.4 Å². The average Bonchev–Trinajstić information content (AvgIpc) is 2.62. The lowest BCUT2D eigenvalue weighted by Gasteiger charge is -2.27. The Labute approximate surface area is 149 Å². The molecule has 25 heavy (non-hydrogen) atoms. The lowest BCUT2D eigenvalue weighted by Crippen LogP contribution is -2.31. The van der Waals surface area contributed by atoms with Crippen molar-refractivity contribution in [2.75, 3.05) is 29.6 Å². The van der Waals surface area contributed by atoms with Crippen molar-refractivity contribution in [1.82, 2.24) is 9.97 Å². The fraction of sp³-hybridized carbons (Fsp3) is 0.353. The first kappa shape index (κ1) is 17.3. The number of primary amides is 1. The van der Waals surface area contributed by atoms with Gasteiger partial charge in [-0.05, 0) is 43.5 Å². The Hall–Kier alpha value is -2.48. The maximum atomic E-state index is 11.7. The Morgan fingerprint density at radius 3 is 2.48 bits per heavy atom. The van der Waals surface area contributed by atoms with E-state index in [-0.39, 0.29) is 5.69 Å². The summed E-state index contributed by atoms with van der Waals surface area (Å²) in [5.41, 5.74) is 6.25. The van der Waals surface area contributed by atoms with Crippen LogP contribution in [0, 0.1) is 0 Å². The summed E-state index contributed by atoms with van der Waals surface area (Å²) in [5, 5.41) is 3.10. The summed E-state index contributed by atoms with van der Waals surface area (Å²) in [6.07, 6.45) is 6.69. The average molecular weight is 359 g/mol. The Morgan fingerprint density at radius 1 is 1.20 bits per heavy atom. The van der Waals surface area contributed by atoms with Gasteiger partial charge in [-0.1, -0.05) is 0 Å². The number of benzene rings is 1. The number of rotatable bonds is 5. The van der Waals surface area contributed by atoms with Crippen LogP contribution in [0.3, 0.4) is 0 Å². The molecular formula is C17H21N5O2S. The monoisotopic (exact) mass is 359 g/mol. The molecule has 1 saturated heterocycles. The molecule has 2 heterocycles. The number of anilines is 3. The number of piperidine rings is 1. The highest BCUT2D eigenvalue weighted by Crippen LogP contribution is 2.23. The van der Waals surface area contributed by atoms with Gasteiger partial charge in [-0.3, -0.25) is 9.00 Å². The van der Waals surface area contributed by atoms with Crippen molar-refractivity contribution in [1.29, 1.82) is 0 Å². The number of nitrogens with zero attached hydrogens (tertiary/aromatic N) is 3. The van der Waals surface area contributed by atoms with E-state index in [0.29, 0.717) is 5.82 Å². The highest BCUT2D eigenvalue weighted by atomic mass is 32.2. The molecule has 1 aromatic heterocycles. The normalized spacial score (nSPS) is 15.6. The number of hydrogen-bond acceptors (Lipinski definition) is 6. The van der Waals surface area contributed by atoms with Crippen molar-refractivity contribution in [3.8, 4) is 0 Å². The van der Waals surface area contributed by atoms with Crippen LogP contribution in [0.4, 0.5) is 17.3 Å². The summed E-state index contributed by atoms with van der Waals surface area (Å²) in [4.78, 5) is 23.3. The number of aromatic nitrogens is 2. The third kappa shape index (κ3) is 4.14. The molecule has 8 heteroatoms. The van der Waals surface area contributed by atoms with Crippen molar-refractivity contribution in [2.45, 2.75) is 24.2 Å². The summed E-state index contributed by atoms with van der Waals surface area (Å²) in [7, 11) is -1.04. The Kier molecular flexibility index (Phi) is 5.28. The van der Waals surface area contributed by atoms with Gasteiger partial charge >= 0.3 is 0 Å². The van der Waals surface area contributed by atoms with Crippen LogP contribution in [0.5, 0.6) is 0 Å². The van der Waals surface area contributed by atoms with Gasteiger partial charge in [-0.15, -0.1) is 0 Å². The molecule has 2 aromatic rings. The molecule has 0 bridgehead atoms. The smallest absolute Gasteiger partial charge is 0.271 e. The van der Waals surface area contributed by atoms with Crippen molar-refractivity contribution in [2.24, 2.45) is 5.73 Å². The number of nitrogens with two attached hydrogens (primary N) is 1. The van der Waals surface area contributed by atoms with Crippen LogP contribution in [0.1, 0.15) is 29.8 Å². The molecule has 1 amide bonds. The zero-order valence-electron chi connectivity index (χ0n) is 14.1. The van der Waals surface area contributed by atoms with Crippen molar-refractivity contribution >= 4 is 34.0 Å². The standard InChI is InChI=1S/C17H21N5O2S/c1-25(24)13-7-5-12(6-8-13)20-17-15(16(18)23)19-11-14(21-17)22-9-3-2-4-10-22/h5-8,11H,2-4,9-10H2,1H3,(H2,18,23)(H,20,21). The van der Waals surface area contributed by atoms with Crippen LogP contribution in [0.15, 0.2) is 35.4 Å². The van der Waals surface area contributed by atoms with Crippen LogP contribution in [-0.2, 0) is 10.8 Å². The molecule has 1 aliphatic rings. The fourth-order valence-corrected chi connectivity index (χ4v) is 3.31. The topological polar surface area (TPSA) is 101 Å². The fourth-order valence-electron chi connectivity index (χ4n) is 2.79. The van der Waals surface area contributed by atoms with E-state index in [0.717, 1.165) is 42.3 Å². The molecule has 1 fully saturated rings. The maximum absolute atomic E-state index is 11.7. The third-order valence-corrected chi connectivity index (χ3v) is 5.06. The van der Waals surface area contributed by atoms with E-state index < -0.39 is 16.7 Å². The molecule has 132 valence electrons. The van der Waals surface area contributed by atoms with Gasteiger partial charge in [0, 0.05) is 40.7 Å². The van der Waals surface area contributed by atoms with Gasteiger partial charge in [0.2, 0.25) is 0 Å². The summed E-state index contributed by atoms with van der Waals surface area (Å²) in [6, 6.07) is 7.11. The minimum atomic E-state index is -1.04. The Bertz CT molecular complexity index is 788. The lowest BCUT2D eigenvalue weighted by atomic mass is 10.1. The second-order valence-corrected chi connectivity index (χ2v) is 7.32. The van der Waals surface area contributed by atoms with Gasteiger partial charge < -0.3 is 16.0 Å². The largest absolute Gasteiger partial charge is 0.364 e. The van der Waals surface area contributed by atoms with Gasteiger partial charge in [0.15, 0.2) is 11.5 Å². The molecule has 1 aliphatic heterocycles. The molecule has 1 unspecified atom stereocenters. The van der Waals surface area contributed by atoms with Crippen LogP contribution in [0.25, 0.3) is 0 Å². The van der Waals surface area contributed by atoms with Crippen LogP contribution >= 0.6 is 0 Å². The SMILES string of the molecule is CS(=O)c1ccc(Nc2nc(N3CCCCC3)cnc2C(N)=O)cc1. The molecule has 0 radical (unpaired) electrons. The number of hydrogen-bond donors (Lipinski definition) is 2. The van der Waals surface area contributed by atoms with Crippen LogP contribution < -0.4 is 16.0 Å². The summed E-state index contributed by atoms with van der Waals surface area (Å²) in [6.45, 7) is 1.86. The van der Waals surface area contributed by atoms with E-state index in [9.17, 15) is 9.00 Å². The number of nitrogens with one attached hydrogen (secondary N) is 1. The predicted molar refractivity (Wildman–Crippen MR) is 98.7 cm³/mol. The van der Waals surface area contributed by atoms with Gasteiger partial charge in [0.05, 0.1) is 6.20 Å². The number of carbonyl (C=O) groups is 1. The van der Waals surface area contributed by atoms with Crippen LogP contribution in [0.2, 0.25) is 0 Å². The Morgan fingerprint density at radius 2 is 1.88 bits per heavy atom. The van der Waals surface area contributed by atoms with E-state index >= 15 is 0 Å². The molecule has 1 atom stereocenters. The molecular weight excluding hydrogens is 338 g/mol. The van der Waals surface area contributed by atoms with E-state index in [2.05, 4.69) is 20.2 Å².